The van der Waals surface area contributed by atoms with Gasteiger partial charge in [0.1, 0.15) is 0 Å². The molecule has 3 N–H and O–H groups in total. The molecule has 0 aromatic heterocycles. The van der Waals surface area contributed by atoms with Crippen LogP contribution >= 0.6 is 23.2 Å². The molecular formula is C9H10Cl2N2O. The van der Waals surface area contributed by atoms with Gasteiger partial charge in [-0.25, -0.2) is 0 Å². The first-order valence-electron chi connectivity index (χ1n) is 4.07. The third-order valence-corrected chi connectivity index (χ3v) is 2.18. The first-order valence-corrected chi connectivity index (χ1v) is 4.82. The average molecular weight is 233 g/mol. The smallest absolute Gasteiger partial charge is 0.219 e. The van der Waals surface area contributed by atoms with Crippen molar-refractivity contribution >= 4 is 34.8 Å². The van der Waals surface area contributed by atoms with E-state index in [1.165, 1.54) is 0 Å². The summed E-state index contributed by atoms with van der Waals surface area (Å²) < 4.78 is 0. The van der Waals surface area contributed by atoms with E-state index in [2.05, 4.69) is 5.32 Å². The van der Waals surface area contributed by atoms with Crippen LogP contribution in [0.2, 0.25) is 10.0 Å². The largest absolute Gasteiger partial charge is 0.383 e. The topological polar surface area (TPSA) is 55.1 Å². The first-order chi connectivity index (χ1) is 6.59. The second-order valence-electron chi connectivity index (χ2n) is 2.77. The van der Waals surface area contributed by atoms with Gasteiger partial charge in [-0.15, -0.1) is 0 Å². The Balaban J connectivity index is 2.57. The van der Waals surface area contributed by atoms with Crippen molar-refractivity contribution in [1.82, 2.24) is 0 Å². The van der Waals surface area contributed by atoms with Gasteiger partial charge in [-0.3, -0.25) is 4.79 Å². The standard InChI is InChI=1S/C9H10Cl2N2O/c10-6-1-2-7(11)8(5-6)13-4-3-9(12)14/h1-2,5,13H,3-4H2,(H2,12,14). The zero-order valence-corrected chi connectivity index (χ0v) is 8.90. The SMILES string of the molecule is NC(=O)CCNc1cc(Cl)ccc1Cl. The maximum Gasteiger partial charge on any atom is 0.219 e. The van der Waals surface area contributed by atoms with Gasteiger partial charge in [0.25, 0.3) is 0 Å². The van der Waals surface area contributed by atoms with E-state index in [4.69, 9.17) is 28.9 Å². The molecule has 76 valence electrons. The van der Waals surface area contributed by atoms with Crippen molar-refractivity contribution in [1.29, 1.82) is 0 Å². The molecule has 3 nitrogen and oxygen atoms in total. The minimum absolute atomic E-state index is 0.267. The molecule has 0 aliphatic carbocycles. The molecule has 0 aliphatic rings. The number of nitrogens with two attached hydrogens (primary N) is 1. The Hall–Kier alpha value is -0.930. The van der Waals surface area contributed by atoms with E-state index >= 15 is 0 Å². The van der Waals surface area contributed by atoms with Gasteiger partial charge in [-0.05, 0) is 18.2 Å². The number of amides is 1. The van der Waals surface area contributed by atoms with Gasteiger partial charge in [-0.1, -0.05) is 23.2 Å². The molecule has 14 heavy (non-hydrogen) atoms. The summed E-state index contributed by atoms with van der Waals surface area (Å²) in [5.74, 6) is -0.351. The van der Waals surface area contributed by atoms with E-state index in [0.29, 0.717) is 22.3 Å². The third kappa shape index (κ3) is 3.44. The average Bonchev–Trinajstić information content (AvgIpc) is 2.10. The Kier molecular flexibility index (Phi) is 4.04. The highest BCUT2D eigenvalue weighted by atomic mass is 35.5. The predicted molar refractivity (Wildman–Crippen MR) is 58.8 cm³/mol. The quantitative estimate of drug-likeness (QED) is 0.838. The number of hydrogen-bond acceptors (Lipinski definition) is 2. The number of carbonyl (C=O) groups is 1. The summed E-state index contributed by atoms with van der Waals surface area (Å²) in [6, 6.07) is 5.09. The maximum atomic E-state index is 10.5. The molecule has 0 saturated heterocycles. The van der Waals surface area contributed by atoms with Crippen molar-refractivity contribution in [2.45, 2.75) is 6.42 Å². The number of primary amides is 1. The van der Waals surface area contributed by atoms with Gasteiger partial charge in [0.2, 0.25) is 5.91 Å². The van der Waals surface area contributed by atoms with Crippen LogP contribution in [-0.2, 0) is 4.79 Å². The molecule has 0 spiro atoms. The Morgan fingerprint density at radius 1 is 1.43 bits per heavy atom. The predicted octanol–water partition coefficient (Wildman–Crippen LogP) is 2.28. The van der Waals surface area contributed by atoms with Crippen LogP contribution in [0.4, 0.5) is 5.69 Å². The van der Waals surface area contributed by atoms with Gasteiger partial charge in [0, 0.05) is 18.0 Å². The fourth-order valence-corrected chi connectivity index (χ4v) is 1.31. The van der Waals surface area contributed by atoms with E-state index in [1.54, 1.807) is 18.2 Å². The third-order valence-electron chi connectivity index (χ3n) is 1.62. The molecule has 0 aliphatic heterocycles. The van der Waals surface area contributed by atoms with Crippen molar-refractivity contribution in [3.8, 4) is 0 Å². The number of carbonyl (C=O) groups excluding carboxylic acids is 1. The summed E-state index contributed by atoms with van der Waals surface area (Å²) in [6.45, 7) is 0.454. The van der Waals surface area contributed by atoms with Crippen molar-refractivity contribution in [3.05, 3.63) is 28.2 Å². The second kappa shape index (κ2) is 5.08. The fraction of sp³-hybridized carbons (Fsp3) is 0.222. The van der Waals surface area contributed by atoms with Crippen molar-refractivity contribution < 1.29 is 4.79 Å². The summed E-state index contributed by atoms with van der Waals surface area (Å²) in [5.41, 5.74) is 5.70. The summed E-state index contributed by atoms with van der Waals surface area (Å²) in [7, 11) is 0. The summed E-state index contributed by atoms with van der Waals surface area (Å²) in [6.07, 6.45) is 0.267. The highest BCUT2D eigenvalue weighted by Gasteiger charge is 2.01. The minimum atomic E-state index is -0.351. The Morgan fingerprint density at radius 3 is 2.79 bits per heavy atom. The van der Waals surface area contributed by atoms with E-state index in [9.17, 15) is 4.79 Å². The highest BCUT2D eigenvalue weighted by molar-refractivity contribution is 6.35. The van der Waals surface area contributed by atoms with E-state index in [0.717, 1.165) is 0 Å². The number of rotatable bonds is 4. The highest BCUT2D eigenvalue weighted by Crippen LogP contribution is 2.25. The van der Waals surface area contributed by atoms with Crippen molar-refractivity contribution in [2.24, 2.45) is 5.73 Å². The van der Waals surface area contributed by atoms with Crippen LogP contribution < -0.4 is 11.1 Å². The molecule has 1 amide bonds. The zero-order chi connectivity index (χ0) is 10.6. The van der Waals surface area contributed by atoms with E-state index in [1.807, 2.05) is 0 Å². The van der Waals surface area contributed by atoms with E-state index in [-0.39, 0.29) is 12.3 Å². The number of benzene rings is 1. The number of hydrogen-bond donors (Lipinski definition) is 2. The normalized spacial score (nSPS) is 9.86. The number of nitrogens with one attached hydrogen (secondary N) is 1. The van der Waals surface area contributed by atoms with Crippen LogP contribution in [0.15, 0.2) is 18.2 Å². The van der Waals surface area contributed by atoms with Crippen LogP contribution in [0.25, 0.3) is 0 Å². The molecule has 5 heteroatoms. The lowest BCUT2D eigenvalue weighted by molar-refractivity contribution is -0.117. The Bertz CT molecular complexity index is 342. The fourth-order valence-electron chi connectivity index (χ4n) is 0.953. The molecular weight excluding hydrogens is 223 g/mol. The molecule has 1 aromatic carbocycles. The summed E-state index contributed by atoms with van der Waals surface area (Å²) in [5, 5.41) is 4.13. The molecule has 0 radical (unpaired) electrons. The molecule has 1 aromatic rings. The van der Waals surface area contributed by atoms with Gasteiger partial charge in [0.05, 0.1) is 10.7 Å². The monoisotopic (exact) mass is 232 g/mol. The molecule has 0 atom stereocenters. The van der Waals surface area contributed by atoms with Gasteiger partial charge < -0.3 is 11.1 Å². The van der Waals surface area contributed by atoms with Crippen LogP contribution in [0.1, 0.15) is 6.42 Å². The minimum Gasteiger partial charge on any atom is -0.383 e. The molecule has 0 fully saturated rings. The maximum absolute atomic E-state index is 10.5. The van der Waals surface area contributed by atoms with E-state index < -0.39 is 0 Å². The lowest BCUT2D eigenvalue weighted by Crippen LogP contribution is -2.15. The molecule has 0 bridgehead atoms. The van der Waals surface area contributed by atoms with Crippen LogP contribution in [0.3, 0.4) is 0 Å². The number of anilines is 1. The molecule has 0 heterocycles. The summed E-state index contributed by atoms with van der Waals surface area (Å²) in [4.78, 5) is 10.5. The Morgan fingerprint density at radius 2 is 2.14 bits per heavy atom. The Labute approximate surface area is 92.2 Å². The first kappa shape index (κ1) is 11.1. The lowest BCUT2D eigenvalue weighted by Gasteiger charge is -2.07. The van der Waals surface area contributed by atoms with Gasteiger partial charge >= 0.3 is 0 Å². The van der Waals surface area contributed by atoms with Crippen LogP contribution in [0, 0.1) is 0 Å². The van der Waals surface area contributed by atoms with Gasteiger partial charge in [0.15, 0.2) is 0 Å². The summed E-state index contributed by atoms with van der Waals surface area (Å²) >= 11 is 11.6. The van der Waals surface area contributed by atoms with Gasteiger partial charge in [-0.2, -0.15) is 0 Å². The van der Waals surface area contributed by atoms with Crippen molar-refractivity contribution in [2.75, 3.05) is 11.9 Å². The van der Waals surface area contributed by atoms with Crippen molar-refractivity contribution in [3.63, 3.8) is 0 Å². The second-order valence-corrected chi connectivity index (χ2v) is 3.61. The molecule has 0 unspecified atom stereocenters. The lowest BCUT2D eigenvalue weighted by atomic mass is 10.3. The van der Waals surface area contributed by atoms with Crippen LogP contribution in [-0.4, -0.2) is 12.5 Å². The number of halogens is 2. The zero-order valence-electron chi connectivity index (χ0n) is 7.39. The molecule has 0 saturated carbocycles. The molecule has 1 rings (SSSR count). The van der Waals surface area contributed by atoms with Crippen LogP contribution in [0.5, 0.6) is 0 Å².